The predicted octanol–water partition coefficient (Wildman–Crippen LogP) is 3.60. The van der Waals surface area contributed by atoms with Crippen molar-refractivity contribution in [3.63, 3.8) is 0 Å². The number of methoxy groups -OCH3 is 1. The molecule has 1 saturated heterocycles. The second-order valence-electron chi connectivity index (χ2n) is 6.27. The Morgan fingerprint density at radius 3 is 2.43 bits per heavy atom. The van der Waals surface area contributed by atoms with Gasteiger partial charge in [-0.25, -0.2) is 0 Å². The minimum atomic E-state index is -0.123. The molecule has 4 nitrogen and oxygen atoms in total. The lowest BCUT2D eigenvalue weighted by Crippen LogP contribution is -2.51. The molecule has 0 saturated carbocycles. The summed E-state index contributed by atoms with van der Waals surface area (Å²) in [5, 5.41) is 0. The maximum Gasteiger partial charge on any atom is 0.312 e. The quantitative estimate of drug-likeness (QED) is 0.543. The lowest BCUT2D eigenvalue weighted by molar-refractivity contribution is -0.197. The average molecular weight is 318 g/mol. The van der Waals surface area contributed by atoms with Crippen LogP contribution in [0.2, 0.25) is 0 Å². The minimum Gasteiger partial charge on any atom is -0.497 e. The number of rotatable bonds is 8. The molecule has 1 aliphatic heterocycles. The van der Waals surface area contributed by atoms with Crippen LogP contribution in [-0.2, 0) is 20.9 Å². The molecule has 23 heavy (non-hydrogen) atoms. The molecule has 1 heterocycles. The van der Waals surface area contributed by atoms with Gasteiger partial charge in [-0.2, -0.15) is 0 Å². The Morgan fingerprint density at radius 1 is 1.30 bits per heavy atom. The number of hydrogen-bond acceptors (Lipinski definition) is 4. The largest absolute Gasteiger partial charge is 0.497 e. The van der Waals surface area contributed by atoms with Gasteiger partial charge in [-0.1, -0.05) is 32.1 Å². The van der Waals surface area contributed by atoms with E-state index in [1.807, 2.05) is 37.3 Å². The van der Waals surface area contributed by atoms with Gasteiger partial charge < -0.3 is 14.2 Å². The summed E-state index contributed by atoms with van der Waals surface area (Å²) in [6, 6.07) is 7.82. The summed E-state index contributed by atoms with van der Waals surface area (Å²) in [4.78, 5) is 11.4. The van der Waals surface area contributed by atoms with Crippen LogP contribution in [0.25, 0.3) is 0 Å². The molecule has 0 amide bonds. The number of carbonyl (C=O) groups excluding carboxylic acids is 1. The molecule has 1 aromatic rings. The van der Waals surface area contributed by atoms with Crippen molar-refractivity contribution in [1.29, 1.82) is 0 Å². The predicted molar refractivity (Wildman–Crippen MR) is 89.1 cm³/mol. The minimum absolute atomic E-state index is 0.0462. The third-order valence-corrected chi connectivity index (χ3v) is 4.64. The van der Waals surface area contributed by atoms with Crippen molar-refractivity contribution in [3.8, 4) is 5.75 Å². The number of carbonyl (C=O) groups is 1. The number of cyclic esters (lactones) is 1. The van der Waals surface area contributed by atoms with Crippen molar-refractivity contribution >= 4 is 5.97 Å². The zero-order chi connectivity index (χ0) is 17.0. The van der Waals surface area contributed by atoms with Crippen molar-refractivity contribution in [1.82, 2.24) is 0 Å². The fourth-order valence-corrected chi connectivity index (χ4v) is 2.99. The van der Waals surface area contributed by atoms with Crippen molar-refractivity contribution in [2.75, 3.05) is 7.11 Å². The highest BCUT2D eigenvalue weighted by Crippen LogP contribution is 2.34. The van der Waals surface area contributed by atoms with E-state index in [0.717, 1.165) is 11.3 Å². The summed E-state index contributed by atoms with van der Waals surface area (Å²) >= 11 is 0. The molecule has 0 N–H and O–H groups in total. The normalized spacial score (nSPS) is 24.1. The first-order chi connectivity index (χ1) is 11.0. The summed E-state index contributed by atoms with van der Waals surface area (Å²) in [7, 11) is 1.65. The van der Waals surface area contributed by atoms with Crippen LogP contribution in [-0.4, -0.2) is 25.3 Å². The fraction of sp³-hybridized carbons (Fsp3) is 0.526. The summed E-state index contributed by atoms with van der Waals surface area (Å²) in [6.45, 7) is 10.4. The molecular formula is C19H26O4. The van der Waals surface area contributed by atoms with Crippen LogP contribution >= 0.6 is 0 Å². The average Bonchev–Trinajstić information content (AvgIpc) is 2.59. The van der Waals surface area contributed by atoms with Gasteiger partial charge in [0.2, 0.25) is 0 Å². The Hall–Kier alpha value is -1.81. The summed E-state index contributed by atoms with van der Waals surface area (Å²) in [5.41, 5.74) is 1.08. The Labute approximate surface area is 138 Å². The first-order valence-corrected chi connectivity index (χ1v) is 8.05. The van der Waals surface area contributed by atoms with Crippen LogP contribution in [0.5, 0.6) is 5.75 Å². The van der Waals surface area contributed by atoms with Crippen molar-refractivity contribution < 1.29 is 19.0 Å². The lowest BCUT2D eigenvalue weighted by atomic mass is 9.81. The molecule has 1 aromatic carbocycles. The molecule has 1 fully saturated rings. The van der Waals surface area contributed by atoms with Crippen LogP contribution in [0.1, 0.15) is 26.3 Å². The first-order valence-electron chi connectivity index (χ1n) is 8.05. The van der Waals surface area contributed by atoms with Gasteiger partial charge in [-0.15, -0.1) is 6.58 Å². The molecule has 0 bridgehead atoms. The smallest absolute Gasteiger partial charge is 0.312 e. The molecule has 0 radical (unpaired) electrons. The zero-order valence-corrected chi connectivity index (χ0v) is 14.3. The van der Waals surface area contributed by atoms with Crippen molar-refractivity contribution in [3.05, 3.63) is 42.5 Å². The van der Waals surface area contributed by atoms with Gasteiger partial charge in [0.1, 0.15) is 11.9 Å². The molecule has 0 aliphatic carbocycles. The Balaban J connectivity index is 2.00. The van der Waals surface area contributed by atoms with E-state index in [1.54, 1.807) is 7.11 Å². The van der Waals surface area contributed by atoms with E-state index in [1.165, 1.54) is 0 Å². The van der Waals surface area contributed by atoms with Crippen LogP contribution < -0.4 is 4.74 Å². The molecule has 2 rings (SSSR count). The molecule has 5 atom stereocenters. The SMILES string of the molecule is C=C[C@H](C)[C@H](OCc1ccc(OC)cc1)[C@@H](C)[C@@H]1OC(=O)[C@@H]1C. The van der Waals surface area contributed by atoms with Gasteiger partial charge in [0.15, 0.2) is 0 Å². The Kier molecular flexibility index (Phi) is 5.83. The number of esters is 1. The Morgan fingerprint density at radius 2 is 1.96 bits per heavy atom. The lowest BCUT2D eigenvalue weighted by Gasteiger charge is -2.41. The van der Waals surface area contributed by atoms with E-state index in [9.17, 15) is 4.79 Å². The second kappa shape index (κ2) is 7.64. The molecule has 0 aromatic heterocycles. The third kappa shape index (κ3) is 3.94. The van der Waals surface area contributed by atoms with E-state index < -0.39 is 0 Å². The van der Waals surface area contributed by atoms with E-state index in [2.05, 4.69) is 20.4 Å². The first kappa shape index (κ1) is 17.5. The second-order valence-corrected chi connectivity index (χ2v) is 6.27. The standard InChI is InChI=1S/C19H26O4/c1-6-12(2)17(13(3)18-14(4)19(20)23-18)22-11-15-7-9-16(21-5)10-8-15/h6-10,12-14,17-18H,1,11H2,2-5H3/t12-,13+,14+,17-,18-/m0/s1. The molecule has 1 aliphatic rings. The van der Waals surface area contributed by atoms with Crippen molar-refractivity contribution in [2.45, 2.75) is 39.6 Å². The third-order valence-electron chi connectivity index (χ3n) is 4.64. The highest BCUT2D eigenvalue weighted by atomic mass is 16.6. The van der Waals surface area contributed by atoms with Crippen LogP contribution in [0.4, 0.5) is 0 Å². The van der Waals surface area contributed by atoms with Crippen LogP contribution in [0, 0.1) is 17.8 Å². The van der Waals surface area contributed by atoms with Gasteiger partial charge in [0, 0.05) is 11.8 Å². The summed E-state index contributed by atoms with van der Waals surface area (Å²) in [5.74, 6) is 0.938. The summed E-state index contributed by atoms with van der Waals surface area (Å²) < 4.78 is 16.6. The molecule has 0 spiro atoms. The van der Waals surface area contributed by atoms with E-state index >= 15 is 0 Å². The maximum atomic E-state index is 11.4. The molecule has 4 heteroatoms. The van der Waals surface area contributed by atoms with Crippen LogP contribution in [0.3, 0.4) is 0 Å². The van der Waals surface area contributed by atoms with Crippen LogP contribution in [0.15, 0.2) is 36.9 Å². The summed E-state index contributed by atoms with van der Waals surface area (Å²) in [6.07, 6.45) is 1.77. The monoisotopic (exact) mass is 318 g/mol. The van der Waals surface area contributed by atoms with Gasteiger partial charge in [-0.3, -0.25) is 4.79 Å². The highest BCUT2D eigenvalue weighted by Gasteiger charge is 2.45. The highest BCUT2D eigenvalue weighted by molar-refractivity contribution is 5.78. The van der Waals surface area contributed by atoms with Crippen molar-refractivity contribution in [2.24, 2.45) is 17.8 Å². The number of hydrogen-bond donors (Lipinski definition) is 0. The molecule has 126 valence electrons. The van der Waals surface area contributed by atoms with E-state index in [-0.39, 0.29) is 35.9 Å². The van der Waals surface area contributed by atoms with E-state index in [0.29, 0.717) is 6.61 Å². The van der Waals surface area contributed by atoms with E-state index in [4.69, 9.17) is 14.2 Å². The van der Waals surface area contributed by atoms with Gasteiger partial charge in [-0.05, 0) is 24.6 Å². The zero-order valence-electron chi connectivity index (χ0n) is 14.3. The van der Waals surface area contributed by atoms with Gasteiger partial charge >= 0.3 is 5.97 Å². The molecule has 0 unspecified atom stereocenters. The number of benzene rings is 1. The fourth-order valence-electron chi connectivity index (χ4n) is 2.99. The van der Waals surface area contributed by atoms with Gasteiger partial charge in [0.05, 0.1) is 25.7 Å². The van der Waals surface area contributed by atoms with Gasteiger partial charge in [0.25, 0.3) is 0 Å². The maximum absolute atomic E-state index is 11.4. The topological polar surface area (TPSA) is 44.8 Å². The molecular weight excluding hydrogens is 292 g/mol. The number of ether oxygens (including phenoxy) is 3. The Bertz CT molecular complexity index is 537.